The van der Waals surface area contributed by atoms with Crippen LogP contribution in [-0.4, -0.2) is 38.2 Å². The summed E-state index contributed by atoms with van der Waals surface area (Å²) in [7, 11) is 0. The first-order valence-corrected chi connectivity index (χ1v) is 9.33. The first-order valence-electron chi connectivity index (χ1n) is 8.45. The molecule has 9 heteroatoms. The van der Waals surface area contributed by atoms with Crippen molar-refractivity contribution in [2.45, 2.75) is 45.1 Å². The van der Waals surface area contributed by atoms with Gasteiger partial charge in [0, 0.05) is 12.1 Å². The second kappa shape index (κ2) is 7.15. The molecule has 1 fully saturated rings. The number of thioether (sulfide) groups is 1. The fraction of sp³-hybridized carbons (Fsp3) is 0.389. The molecule has 0 bridgehead atoms. The summed E-state index contributed by atoms with van der Waals surface area (Å²) in [5, 5.41) is 11.3. The Balaban J connectivity index is 2.16. The van der Waals surface area contributed by atoms with Gasteiger partial charge >= 0.3 is 5.97 Å². The van der Waals surface area contributed by atoms with Crippen molar-refractivity contribution in [1.82, 2.24) is 4.90 Å². The number of allylic oxidation sites excluding steroid dienone is 1. The minimum atomic E-state index is -0.811. The maximum absolute atomic E-state index is 12.8. The van der Waals surface area contributed by atoms with Gasteiger partial charge in [0.25, 0.3) is 5.69 Å². The molecule has 0 N–H and O–H groups in total. The number of hydrogen-bond acceptors (Lipinski definition) is 7. The van der Waals surface area contributed by atoms with Crippen molar-refractivity contribution in [3.05, 3.63) is 51.2 Å². The molecule has 8 nitrogen and oxygen atoms in total. The number of aliphatic imine (C=N–C) groups is 1. The maximum atomic E-state index is 12.8. The van der Waals surface area contributed by atoms with Gasteiger partial charge in [0.1, 0.15) is 0 Å². The highest BCUT2D eigenvalue weighted by Gasteiger charge is 2.46. The predicted octanol–water partition coefficient (Wildman–Crippen LogP) is 3.20. The van der Waals surface area contributed by atoms with Gasteiger partial charge in [-0.05, 0) is 33.3 Å². The van der Waals surface area contributed by atoms with Crippen molar-refractivity contribution in [1.29, 1.82) is 0 Å². The van der Waals surface area contributed by atoms with E-state index in [-0.39, 0.29) is 28.5 Å². The largest absolute Gasteiger partial charge is 0.459 e. The summed E-state index contributed by atoms with van der Waals surface area (Å²) in [6, 6.07) is 5.14. The Kier molecular flexibility index (Phi) is 5.05. The summed E-state index contributed by atoms with van der Waals surface area (Å²) < 4.78 is 5.36. The van der Waals surface area contributed by atoms with Crippen LogP contribution in [0.1, 0.15) is 39.3 Å². The zero-order chi connectivity index (χ0) is 19.9. The fourth-order valence-electron chi connectivity index (χ4n) is 3.07. The van der Waals surface area contributed by atoms with Crippen molar-refractivity contribution >= 4 is 34.5 Å². The Morgan fingerprint density at radius 2 is 2.11 bits per heavy atom. The van der Waals surface area contributed by atoms with Crippen LogP contribution >= 0.6 is 11.8 Å². The lowest BCUT2D eigenvalue weighted by Gasteiger charge is -2.33. The third-order valence-electron chi connectivity index (χ3n) is 4.22. The first kappa shape index (κ1) is 19.1. The SMILES string of the molecule is CC1=C(C(=O)OC(C)C)[C@H](c2cccc([N+](=O)[O-])c2)N2C(=O)[C@H](C)SC2=N1. The molecule has 0 saturated carbocycles. The Labute approximate surface area is 160 Å². The Bertz CT molecular complexity index is 893. The van der Waals surface area contributed by atoms with Gasteiger partial charge in [-0.2, -0.15) is 0 Å². The van der Waals surface area contributed by atoms with Crippen LogP contribution in [0.2, 0.25) is 0 Å². The summed E-state index contributed by atoms with van der Waals surface area (Å²) in [5.41, 5.74) is 1.02. The number of carbonyl (C=O) groups is 2. The molecule has 0 radical (unpaired) electrons. The van der Waals surface area contributed by atoms with Crippen LogP contribution in [0.3, 0.4) is 0 Å². The zero-order valence-electron chi connectivity index (χ0n) is 15.3. The second-order valence-electron chi connectivity index (χ2n) is 6.57. The molecule has 3 rings (SSSR count). The van der Waals surface area contributed by atoms with E-state index in [0.717, 1.165) is 0 Å². The minimum Gasteiger partial charge on any atom is -0.459 e. The van der Waals surface area contributed by atoms with Gasteiger partial charge in [-0.1, -0.05) is 23.9 Å². The van der Waals surface area contributed by atoms with Gasteiger partial charge in [0.05, 0.1) is 33.6 Å². The molecule has 2 aliphatic heterocycles. The Morgan fingerprint density at radius 1 is 1.41 bits per heavy atom. The normalized spacial score (nSPS) is 22.0. The fourth-order valence-corrected chi connectivity index (χ4v) is 4.09. The summed E-state index contributed by atoms with van der Waals surface area (Å²) in [4.78, 5) is 42.1. The Morgan fingerprint density at radius 3 is 2.74 bits per heavy atom. The van der Waals surface area contributed by atoms with E-state index in [0.29, 0.717) is 16.4 Å². The van der Waals surface area contributed by atoms with Crippen LogP contribution in [0.25, 0.3) is 0 Å². The number of benzene rings is 1. The van der Waals surface area contributed by atoms with Crippen LogP contribution < -0.4 is 0 Å². The molecule has 0 aliphatic carbocycles. The van der Waals surface area contributed by atoms with Gasteiger partial charge in [-0.25, -0.2) is 9.79 Å². The molecule has 2 heterocycles. The van der Waals surface area contributed by atoms with E-state index in [4.69, 9.17) is 4.74 Å². The van der Waals surface area contributed by atoms with E-state index in [1.54, 1.807) is 33.8 Å². The number of hydrogen-bond donors (Lipinski definition) is 0. The number of amides is 1. The highest BCUT2D eigenvalue weighted by Crippen LogP contribution is 2.43. The molecular formula is C18H19N3O5S. The molecule has 2 aliphatic rings. The van der Waals surface area contributed by atoms with Crippen LogP contribution in [0.15, 0.2) is 40.5 Å². The Hall–Kier alpha value is -2.68. The summed E-state index contributed by atoms with van der Waals surface area (Å²) in [5.74, 6) is -0.781. The molecule has 1 aromatic carbocycles. The summed E-state index contributed by atoms with van der Waals surface area (Å²) >= 11 is 1.30. The van der Waals surface area contributed by atoms with Gasteiger partial charge in [-0.15, -0.1) is 0 Å². The predicted molar refractivity (Wildman–Crippen MR) is 101 cm³/mol. The maximum Gasteiger partial charge on any atom is 0.338 e. The van der Waals surface area contributed by atoms with Crippen molar-refractivity contribution in [3.8, 4) is 0 Å². The highest BCUT2D eigenvalue weighted by atomic mass is 32.2. The van der Waals surface area contributed by atoms with E-state index in [2.05, 4.69) is 4.99 Å². The van der Waals surface area contributed by atoms with Gasteiger partial charge in [0.15, 0.2) is 5.17 Å². The summed E-state index contributed by atoms with van der Waals surface area (Å²) in [6.07, 6.45) is -0.350. The second-order valence-corrected chi connectivity index (χ2v) is 7.88. The smallest absolute Gasteiger partial charge is 0.338 e. The molecule has 1 amide bonds. The molecule has 0 unspecified atom stereocenters. The van der Waals surface area contributed by atoms with E-state index < -0.39 is 16.9 Å². The van der Waals surface area contributed by atoms with Gasteiger partial charge in [-0.3, -0.25) is 19.8 Å². The standard InChI is InChI=1S/C18H19N3O5S/c1-9(2)26-17(23)14-10(3)19-18-20(16(22)11(4)27-18)15(14)12-6-5-7-13(8-12)21(24)25/h5-9,11,15H,1-4H3/t11-,15-/m0/s1. The van der Waals surface area contributed by atoms with Gasteiger partial charge in [0.2, 0.25) is 5.91 Å². The van der Waals surface area contributed by atoms with E-state index in [9.17, 15) is 19.7 Å². The molecule has 1 saturated heterocycles. The number of rotatable bonds is 4. The lowest BCUT2D eigenvalue weighted by Crippen LogP contribution is -2.40. The number of nitrogens with zero attached hydrogens (tertiary/aromatic N) is 3. The van der Waals surface area contributed by atoms with Gasteiger partial charge < -0.3 is 4.74 Å². The van der Waals surface area contributed by atoms with Crippen LogP contribution in [0.5, 0.6) is 0 Å². The number of nitro benzene ring substituents is 1. The average molecular weight is 389 g/mol. The number of nitro groups is 1. The molecule has 1 aromatic rings. The number of amidine groups is 1. The van der Waals surface area contributed by atoms with E-state index in [1.807, 2.05) is 0 Å². The van der Waals surface area contributed by atoms with Crippen LogP contribution in [-0.2, 0) is 14.3 Å². The average Bonchev–Trinajstić information content (AvgIpc) is 2.86. The number of esters is 1. The lowest BCUT2D eigenvalue weighted by atomic mass is 9.94. The molecular weight excluding hydrogens is 370 g/mol. The van der Waals surface area contributed by atoms with Crippen molar-refractivity contribution < 1.29 is 19.2 Å². The zero-order valence-corrected chi connectivity index (χ0v) is 16.1. The third-order valence-corrected chi connectivity index (χ3v) is 5.27. The van der Waals surface area contributed by atoms with Crippen molar-refractivity contribution in [2.24, 2.45) is 4.99 Å². The number of non-ortho nitro benzene ring substituents is 1. The topological polar surface area (TPSA) is 102 Å². The third kappa shape index (κ3) is 3.46. The van der Waals surface area contributed by atoms with E-state index >= 15 is 0 Å². The summed E-state index contributed by atoms with van der Waals surface area (Å²) in [6.45, 7) is 6.90. The molecule has 27 heavy (non-hydrogen) atoms. The van der Waals surface area contributed by atoms with Crippen LogP contribution in [0.4, 0.5) is 5.69 Å². The highest BCUT2D eigenvalue weighted by molar-refractivity contribution is 8.15. The first-order chi connectivity index (χ1) is 12.7. The minimum absolute atomic E-state index is 0.113. The lowest BCUT2D eigenvalue weighted by molar-refractivity contribution is -0.384. The monoisotopic (exact) mass is 389 g/mol. The quantitative estimate of drug-likeness (QED) is 0.445. The molecule has 0 spiro atoms. The van der Waals surface area contributed by atoms with Crippen LogP contribution in [0, 0.1) is 10.1 Å². The molecule has 142 valence electrons. The number of ether oxygens (including phenoxy) is 1. The van der Waals surface area contributed by atoms with Crippen molar-refractivity contribution in [2.75, 3.05) is 0 Å². The molecule has 2 atom stereocenters. The van der Waals surface area contributed by atoms with E-state index in [1.165, 1.54) is 34.9 Å². The van der Waals surface area contributed by atoms with Crippen molar-refractivity contribution in [3.63, 3.8) is 0 Å². The molecule has 0 aromatic heterocycles. The number of fused-ring (bicyclic) bond motifs is 1. The number of carbonyl (C=O) groups excluding carboxylic acids is 2.